The molecule has 4 rings (SSSR count). The second kappa shape index (κ2) is 9.00. The van der Waals surface area contributed by atoms with Crippen molar-refractivity contribution >= 4 is 5.91 Å². The minimum atomic E-state index is -0.205. The minimum absolute atomic E-state index is 0.0907. The molecule has 0 aliphatic carbocycles. The first-order valence-electron chi connectivity index (χ1n) is 10.5. The SMILES string of the molecule is Cc1ccc([C@@H](NC(=O)c2ccc(Cn3nc(C)cc3C)cc2)c2ccccc2)cc1. The van der Waals surface area contributed by atoms with Gasteiger partial charge in [0.1, 0.15) is 0 Å². The third-order valence-corrected chi connectivity index (χ3v) is 5.47. The Hall–Kier alpha value is -3.66. The number of nitrogens with zero attached hydrogens (tertiary/aromatic N) is 2. The molecule has 1 atom stereocenters. The van der Waals surface area contributed by atoms with Gasteiger partial charge < -0.3 is 5.32 Å². The minimum Gasteiger partial charge on any atom is -0.341 e. The van der Waals surface area contributed by atoms with Crippen LogP contribution in [0.5, 0.6) is 0 Å². The summed E-state index contributed by atoms with van der Waals surface area (Å²) >= 11 is 0. The van der Waals surface area contributed by atoms with E-state index in [2.05, 4.69) is 54.6 Å². The van der Waals surface area contributed by atoms with E-state index in [0.717, 1.165) is 28.1 Å². The van der Waals surface area contributed by atoms with Crippen molar-refractivity contribution in [2.75, 3.05) is 0 Å². The lowest BCUT2D eigenvalue weighted by molar-refractivity contribution is 0.0943. The van der Waals surface area contributed by atoms with Crippen molar-refractivity contribution < 1.29 is 4.79 Å². The Bertz CT molecular complexity index is 1160. The van der Waals surface area contributed by atoms with E-state index in [9.17, 15) is 4.79 Å². The maximum absolute atomic E-state index is 13.1. The van der Waals surface area contributed by atoms with Gasteiger partial charge in [-0.25, -0.2) is 0 Å². The molecule has 1 N–H and O–H groups in total. The van der Waals surface area contributed by atoms with Crippen LogP contribution in [0.1, 0.15) is 50.0 Å². The van der Waals surface area contributed by atoms with Crippen LogP contribution >= 0.6 is 0 Å². The molecule has 31 heavy (non-hydrogen) atoms. The predicted octanol–water partition coefficient (Wildman–Crippen LogP) is 5.38. The number of aromatic nitrogens is 2. The summed E-state index contributed by atoms with van der Waals surface area (Å²) in [7, 11) is 0. The average Bonchev–Trinajstić information content (AvgIpc) is 3.10. The molecule has 0 aliphatic heterocycles. The highest BCUT2D eigenvalue weighted by atomic mass is 16.1. The van der Waals surface area contributed by atoms with Crippen LogP contribution in [0.25, 0.3) is 0 Å². The average molecular weight is 410 g/mol. The van der Waals surface area contributed by atoms with Crippen molar-refractivity contribution in [1.29, 1.82) is 0 Å². The van der Waals surface area contributed by atoms with Gasteiger partial charge in [0.25, 0.3) is 5.91 Å². The molecule has 1 heterocycles. The van der Waals surface area contributed by atoms with Crippen LogP contribution in [0.3, 0.4) is 0 Å². The van der Waals surface area contributed by atoms with Crippen molar-refractivity contribution in [3.05, 3.63) is 124 Å². The molecule has 0 unspecified atom stereocenters. The Kier molecular flexibility index (Phi) is 5.99. The molecule has 4 nitrogen and oxygen atoms in total. The van der Waals surface area contributed by atoms with E-state index >= 15 is 0 Å². The molecule has 0 fully saturated rings. The van der Waals surface area contributed by atoms with Gasteiger partial charge in [-0.15, -0.1) is 0 Å². The molecule has 0 spiro atoms. The summed E-state index contributed by atoms with van der Waals surface area (Å²) in [6.07, 6.45) is 0. The zero-order chi connectivity index (χ0) is 21.8. The van der Waals surface area contributed by atoms with E-state index in [1.54, 1.807) is 0 Å². The number of nitrogens with one attached hydrogen (secondary N) is 1. The Balaban J connectivity index is 1.53. The van der Waals surface area contributed by atoms with E-state index in [-0.39, 0.29) is 11.9 Å². The fraction of sp³-hybridized carbons (Fsp3) is 0.185. The molecule has 156 valence electrons. The van der Waals surface area contributed by atoms with Gasteiger partial charge in [-0.2, -0.15) is 5.10 Å². The van der Waals surface area contributed by atoms with Gasteiger partial charge in [-0.3, -0.25) is 9.48 Å². The Morgan fingerprint density at radius 3 is 2.13 bits per heavy atom. The number of amides is 1. The van der Waals surface area contributed by atoms with E-state index in [0.29, 0.717) is 12.1 Å². The summed E-state index contributed by atoms with van der Waals surface area (Å²) < 4.78 is 1.98. The van der Waals surface area contributed by atoms with Gasteiger partial charge in [-0.1, -0.05) is 72.3 Å². The van der Waals surface area contributed by atoms with Gasteiger partial charge in [0.05, 0.1) is 18.3 Å². The summed E-state index contributed by atoms with van der Waals surface area (Å²) in [5, 5.41) is 7.72. The second-order valence-corrected chi connectivity index (χ2v) is 8.01. The number of benzene rings is 3. The first-order chi connectivity index (χ1) is 15.0. The van der Waals surface area contributed by atoms with Crippen molar-refractivity contribution in [2.24, 2.45) is 0 Å². The molecule has 4 aromatic rings. The second-order valence-electron chi connectivity index (χ2n) is 8.01. The third kappa shape index (κ3) is 4.92. The van der Waals surface area contributed by atoms with Gasteiger partial charge >= 0.3 is 0 Å². The fourth-order valence-corrected chi connectivity index (χ4v) is 3.75. The highest BCUT2D eigenvalue weighted by Gasteiger charge is 2.18. The van der Waals surface area contributed by atoms with Crippen LogP contribution in [0.15, 0.2) is 84.9 Å². The molecule has 0 saturated heterocycles. The smallest absolute Gasteiger partial charge is 0.252 e. The topological polar surface area (TPSA) is 46.9 Å². The molecule has 3 aromatic carbocycles. The van der Waals surface area contributed by atoms with Crippen molar-refractivity contribution in [3.8, 4) is 0 Å². The van der Waals surface area contributed by atoms with Crippen LogP contribution in [0, 0.1) is 20.8 Å². The molecular formula is C27H27N3O. The van der Waals surface area contributed by atoms with Crippen LogP contribution in [0.4, 0.5) is 0 Å². The molecule has 4 heteroatoms. The zero-order valence-electron chi connectivity index (χ0n) is 18.2. The van der Waals surface area contributed by atoms with Crippen LogP contribution in [0.2, 0.25) is 0 Å². The molecule has 0 saturated carbocycles. The van der Waals surface area contributed by atoms with Crippen LogP contribution in [-0.4, -0.2) is 15.7 Å². The number of hydrogen-bond donors (Lipinski definition) is 1. The molecule has 0 bridgehead atoms. The normalized spacial score (nSPS) is 11.8. The van der Waals surface area contributed by atoms with Gasteiger partial charge in [0, 0.05) is 11.3 Å². The van der Waals surface area contributed by atoms with E-state index in [1.807, 2.05) is 66.2 Å². The molecule has 1 amide bonds. The van der Waals surface area contributed by atoms with E-state index in [1.165, 1.54) is 5.56 Å². The van der Waals surface area contributed by atoms with E-state index < -0.39 is 0 Å². The molecule has 0 aliphatic rings. The highest BCUT2D eigenvalue weighted by molar-refractivity contribution is 5.94. The fourth-order valence-electron chi connectivity index (χ4n) is 3.75. The largest absolute Gasteiger partial charge is 0.341 e. The summed E-state index contributed by atoms with van der Waals surface area (Å²) in [6.45, 7) is 6.80. The van der Waals surface area contributed by atoms with Gasteiger partial charge in [0.15, 0.2) is 0 Å². The van der Waals surface area contributed by atoms with Crippen LogP contribution in [-0.2, 0) is 6.54 Å². The monoisotopic (exact) mass is 409 g/mol. The van der Waals surface area contributed by atoms with Gasteiger partial charge in [0.2, 0.25) is 0 Å². The molecular weight excluding hydrogens is 382 g/mol. The summed E-state index contributed by atoms with van der Waals surface area (Å²) in [4.78, 5) is 13.1. The lowest BCUT2D eigenvalue weighted by Crippen LogP contribution is -2.29. The van der Waals surface area contributed by atoms with Crippen molar-refractivity contribution in [3.63, 3.8) is 0 Å². The standard InChI is InChI=1S/C27H27N3O/c1-19-9-13-24(14-10-19)26(23-7-5-4-6-8-23)28-27(31)25-15-11-22(12-16-25)18-30-21(3)17-20(2)29-30/h4-17,26H,18H2,1-3H3,(H,28,31)/t26-/m0/s1. The summed E-state index contributed by atoms with van der Waals surface area (Å²) in [5.41, 5.74) is 7.21. The number of rotatable bonds is 6. The van der Waals surface area contributed by atoms with Crippen LogP contribution < -0.4 is 5.32 Å². The summed E-state index contributed by atoms with van der Waals surface area (Å²) in [6, 6.07) is 28.0. The Morgan fingerprint density at radius 1 is 0.871 bits per heavy atom. The van der Waals surface area contributed by atoms with E-state index in [4.69, 9.17) is 0 Å². The third-order valence-electron chi connectivity index (χ3n) is 5.47. The zero-order valence-corrected chi connectivity index (χ0v) is 18.2. The number of hydrogen-bond acceptors (Lipinski definition) is 2. The predicted molar refractivity (Wildman–Crippen MR) is 124 cm³/mol. The molecule has 1 aromatic heterocycles. The highest BCUT2D eigenvalue weighted by Crippen LogP contribution is 2.23. The first-order valence-corrected chi connectivity index (χ1v) is 10.5. The number of aryl methyl sites for hydroxylation is 3. The Labute approximate surface area is 183 Å². The maximum Gasteiger partial charge on any atom is 0.252 e. The summed E-state index contributed by atoms with van der Waals surface area (Å²) in [5.74, 6) is -0.0907. The lowest BCUT2D eigenvalue weighted by Gasteiger charge is -2.20. The van der Waals surface area contributed by atoms with Gasteiger partial charge in [-0.05, 0) is 55.7 Å². The maximum atomic E-state index is 13.1. The van der Waals surface area contributed by atoms with Crippen molar-refractivity contribution in [1.82, 2.24) is 15.1 Å². The number of carbonyl (C=O) groups excluding carboxylic acids is 1. The number of carbonyl (C=O) groups is 1. The Morgan fingerprint density at radius 2 is 1.52 bits per heavy atom. The quantitative estimate of drug-likeness (QED) is 0.465. The first kappa shape index (κ1) is 20.6. The molecule has 0 radical (unpaired) electrons. The van der Waals surface area contributed by atoms with Crippen molar-refractivity contribution in [2.45, 2.75) is 33.4 Å². The lowest BCUT2D eigenvalue weighted by atomic mass is 9.97.